The Morgan fingerprint density at radius 1 is 0.947 bits per heavy atom. The first-order chi connectivity index (χ1) is 18.0. The maximum absolute atomic E-state index is 12.6. The number of nitrogens with two attached hydrogens (primary N) is 5. The van der Waals surface area contributed by atoms with E-state index in [2.05, 4.69) is 5.32 Å². The zero-order chi connectivity index (χ0) is 28.1. The number of amides is 1. The molecule has 2 saturated heterocycles. The van der Waals surface area contributed by atoms with Gasteiger partial charge in [-0.25, -0.2) is 0 Å². The van der Waals surface area contributed by atoms with Gasteiger partial charge in [0, 0.05) is 12.6 Å². The lowest BCUT2D eigenvalue weighted by atomic mass is 9.83. The summed E-state index contributed by atoms with van der Waals surface area (Å²) in [7, 11) is 0. The normalized spacial score (nSPS) is 44.9. The molecule has 3 rings (SSSR count). The highest BCUT2D eigenvalue weighted by atomic mass is 16.7. The molecule has 6 unspecified atom stereocenters. The first kappa shape index (κ1) is 31.4. The Hall–Kier alpha value is -1.09. The number of carbonyl (C=O) groups is 1. The molecule has 16 N–H and O–H groups in total. The van der Waals surface area contributed by atoms with Crippen LogP contribution in [0.5, 0.6) is 0 Å². The summed E-state index contributed by atoms with van der Waals surface area (Å²) in [6.07, 6.45) is -10.8. The van der Waals surface area contributed by atoms with Crippen molar-refractivity contribution in [2.75, 3.05) is 19.7 Å². The number of nitrogens with one attached hydrogen (secondary N) is 1. The lowest BCUT2D eigenvalue weighted by Gasteiger charge is -2.48. The van der Waals surface area contributed by atoms with E-state index in [0.29, 0.717) is 12.8 Å². The quantitative estimate of drug-likeness (QED) is 0.120. The van der Waals surface area contributed by atoms with Crippen LogP contribution in [-0.4, -0.2) is 137 Å². The van der Waals surface area contributed by atoms with Gasteiger partial charge in [0.15, 0.2) is 12.6 Å². The van der Waals surface area contributed by atoms with Crippen molar-refractivity contribution in [1.82, 2.24) is 5.32 Å². The van der Waals surface area contributed by atoms with Gasteiger partial charge in [0.1, 0.15) is 42.7 Å². The predicted molar refractivity (Wildman–Crippen MR) is 131 cm³/mol. The molecule has 1 amide bonds. The molecule has 0 radical (unpaired) electrons. The SMILES string of the molecule is NCC[C@H](O)C(=O)N[C@@H]1C[C@@H](N)[C@@H](O[C@H]2OC(CN)CCC2N)C(O)C1O[C@H]1OC(CO)[C@@H](O)[C@@H](N)C1O. The van der Waals surface area contributed by atoms with Crippen LogP contribution in [0.25, 0.3) is 0 Å². The van der Waals surface area contributed by atoms with Gasteiger partial charge in [-0.15, -0.1) is 0 Å². The average Bonchev–Trinajstić information content (AvgIpc) is 2.89. The monoisotopic (exact) mass is 552 g/mol. The predicted octanol–water partition coefficient (Wildman–Crippen LogP) is -6.40. The van der Waals surface area contributed by atoms with Crippen LogP contribution in [0, 0.1) is 0 Å². The Bertz CT molecular complexity index is 755. The van der Waals surface area contributed by atoms with E-state index in [9.17, 15) is 30.3 Å². The molecule has 0 aromatic carbocycles. The number of rotatable bonds is 10. The van der Waals surface area contributed by atoms with Gasteiger partial charge in [0.05, 0.1) is 30.8 Å². The maximum Gasteiger partial charge on any atom is 0.249 e. The Kier molecular flexibility index (Phi) is 11.6. The second-order valence-electron chi connectivity index (χ2n) is 10.2. The number of ether oxygens (including phenoxy) is 4. The molecule has 1 saturated carbocycles. The molecule has 3 fully saturated rings. The van der Waals surface area contributed by atoms with Crippen LogP contribution in [0.4, 0.5) is 0 Å². The van der Waals surface area contributed by atoms with E-state index >= 15 is 0 Å². The van der Waals surface area contributed by atoms with Gasteiger partial charge in [-0.2, -0.15) is 0 Å². The third-order valence-electron chi connectivity index (χ3n) is 7.37. The minimum atomic E-state index is -1.55. The van der Waals surface area contributed by atoms with E-state index in [4.69, 9.17) is 47.6 Å². The molecule has 2 heterocycles. The van der Waals surface area contributed by atoms with Crippen molar-refractivity contribution in [1.29, 1.82) is 0 Å². The van der Waals surface area contributed by atoms with Gasteiger partial charge in [-0.3, -0.25) is 4.79 Å². The van der Waals surface area contributed by atoms with Gasteiger partial charge in [0.2, 0.25) is 5.91 Å². The van der Waals surface area contributed by atoms with Crippen LogP contribution in [0.2, 0.25) is 0 Å². The Morgan fingerprint density at radius 3 is 2.26 bits per heavy atom. The van der Waals surface area contributed by atoms with Crippen molar-refractivity contribution in [2.45, 2.75) is 111 Å². The molecule has 16 nitrogen and oxygen atoms in total. The molecule has 0 spiro atoms. The highest BCUT2D eigenvalue weighted by Crippen LogP contribution is 2.31. The minimum absolute atomic E-state index is 0.000983. The topological polar surface area (TPSA) is 297 Å². The minimum Gasteiger partial charge on any atom is -0.394 e. The second kappa shape index (κ2) is 14.0. The highest BCUT2D eigenvalue weighted by Gasteiger charge is 2.51. The van der Waals surface area contributed by atoms with Crippen LogP contribution in [-0.2, 0) is 23.7 Å². The summed E-state index contributed by atoms with van der Waals surface area (Å²) in [5.41, 5.74) is 29.6. The maximum atomic E-state index is 12.6. The van der Waals surface area contributed by atoms with Crippen molar-refractivity contribution in [3.8, 4) is 0 Å². The molecule has 1 aliphatic carbocycles. The summed E-state index contributed by atoms with van der Waals surface area (Å²) < 4.78 is 23.3. The van der Waals surface area contributed by atoms with Crippen molar-refractivity contribution in [3.63, 3.8) is 0 Å². The van der Waals surface area contributed by atoms with Gasteiger partial charge in [-0.1, -0.05) is 0 Å². The zero-order valence-electron chi connectivity index (χ0n) is 21.2. The number of aliphatic hydroxyl groups excluding tert-OH is 5. The van der Waals surface area contributed by atoms with E-state index < -0.39 is 92.0 Å². The average molecular weight is 553 g/mol. The highest BCUT2D eigenvalue weighted by molar-refractivity contribution is 5.80. The summed E-state index contributed by atoms with van der Waals surface area (Å²) >= 11 is 0. The fourth-order valence-electron chi connectivity index (χ4n) is 5.02. The molecule has 0 aromatic rings. The largest absolute Gasteiger partial charge is 0.394 e. The number of aliphatic hydroxyl groups is 5. The van der Waals surface area contributed by atoms with E-state index in [1.165, 1.54) is 0 Å². The third kappa shape index (κ3) is 7.15. The molecule has 2 aliphatic heterocycles. The lowest BCUT2D eigenvalue weighted by Crippen LogP contribution is -2.69. The molecule has 0 bridgehead atoms. The third-order valence-corrected chi connectivity index (χ3v) is 7.37. The summed E-state index contributed by atoms with van der Waals surface area (Å²) in [6.45, 7) is -0.296. The molecule has 38 heavy (non-hydrogen) atoms. The van der Waals surface area contributed by atoms with Gasteiger partial charge in [0.25, 0.3) is 0 Å². The van der Waals surface area contributed by atoms with Crippen LogP contribution in [0.15, 0.2) is 0 Å². The molecule has 222 valence electrons. The Labute approximate surface area is 220 Å². The fourth-order valence-corrected chi connectivity index (χ4v) is 5.02. The van der Waals surface area contributed by atoms with Gasteiger partial charge < -0.3 is 78.5 Å². The summed E-state index contributed by atoms with van der Waals surface area (Å²) in [5, 5.41) is 54.4. The van der Waals surface area contributed by atoms with Crippen molar-refractivity contribution in [2.24, 2.45) is 28.7 Å². The number of carbonyl (C=O) groups excluding carboxylic acids is 1. The van der Waals surface area contributed by atoms with Crippen molar-refractivity contribution < 1.29 is 49.3 Å². The Morgan fingerprint density at radius 2 is 1.63 bits per heavy atom. The summed E-state index contributed by atoms with van der Waals surface area (Å²) in [4.78, 5) is 12.6. The molecule has 3 aliphatic rings. The first-order valence-electron chi connectivity index (χ1n) is 12.9. The van der Waals surface area contributed by atoms with Crippen molar-refractivity contribution in [3.05, 3.63) is 0 Å². The van der Waals surface area contributed by atoms with Crippen molar-refractivity contribution >= 4 is 5.91 Å². The second-order valence-corrected chi connectivity index (χ2v) is 10.2. The number of hydrogen-bond acceptors (Lipinski definition) is 15. The standard InChI is InChI=1S/C22H44N6O10/c23-4-3-12(30)20(34)28-11-5-10(26)18(37-21-9(25)2-1-8(6-24)35-21)17(33)19(11)38-22-16(32)14(27)15(31)13(7-29)36-22/h8-19,21-22,29-33H,1-7,23-27H2,(H,28,34)/t8?,9?,10-,11-,12+,13?,14-,15-,16?,17?,18-,19?,21-,22-/m1/s1. The molecular weight excluding hydrogens is 508 g/mol. The van der Waals surface area contributed by atoms with Crippen LogP contribution in [0.3, 0.4) is 0 Å². The molecular formula is C22H44N6O10. The smallest absolute Gasteiger partial charge is 0.249 e. The van der Waals surface area contributed by atoms with E-state index in [1.54, 1.807) is 0 Å². The van der Waals surface area contributed by atoms with Crippen LogP contribution >= 0.6 is 0 Å². The molecule has 0 aromatic heterocycles. The fraction of sp³-hybridized carbons (Fsp3) is 0.955. The van der Waals surface area contributed by atoms with E-state index in [-0.39, 0.29) is 32.0 Å². The van der Waals surface area contributed by atoms with Gasteiger partial charge in [-0.05, 0) is 32.2 Å². The van der Waals surface area contributed by atoms with Crippen LogP contribution in [0.1, 0.15) is 25.7 Å². The van der Waals surface area contributed by atoms with E-state index in [1.807, 2.05) is 0 Å². The van der Waals surface area contributed by atoms with E-state index in [0.717, 1.165) is 0 Å². The first-order valence-corrected chi connectivity index (χ1v) is 12.9. The zero-order valence-corrected chi connectivity index (χ0v) is 21.2. The Balaban J connectivity index is 1.82. The van der Waals surface area contributed by atoms with Gasteiger partial charge >= 0.3 is 0 Å². The molecule has 16 heteroatoms. The summed E-state index contributed by atoms with van der Waals surface area (Å²) in [5.74, 6) is -0.762. The number of hydrogen-bond donors (Lipinski definition) is 11. The van der Waals surface area contributed by atoms with Crippen LogP contribution < -0.4 is 34.0 Å². The summed E-state index contributed by atoms with van der Waals surface area (Å²) in [6, 6.07) is -3.54. The lowest BCUT2D eigenvalue weighted by molar-refractivity contribution is -0.314. The molecule has 14 atom stereocenters.